The summed E-state index contributed by atoms with van der Waals surface area (Å²) in [6.45, 7) is 1.49. The minimum atomic E-state index is -3.57. The number of benzene rings is 2. The van der Waals surface area contributed by atoms with E-state index >= 15 is 0 Å². The third kappa shape index (κ3) is 6.04. The Balaban J connectivity index is 1.88. The highest BCUT2D eigenvalue weighted by Gasteiger charge is 2.12. The lowest BCUT2D eigenvalue weighted by atomic mass is 10.1. The van der Waals surface area contributed by atoms with Crippen molar-refractivity contribution in [3.8, 4) is 0 Å². The highest BCUT2D eigenvalue weighted by molar-refractivity contribution is 7.92. The molecule has 0 saturated carbocycles. The molecule has 0 atom stereocenters. The standard InChI is InChI=1S/C18H19FN2O3S/c1-14(13-15-7-5-6-10-17(15)19)18(22)20-11-12-25(23,24)21-16-8-3-2-4-9-16/h2-10,13,21H,11-12H2,1H3,(H,20,22)/b14-13+. The van der Waals surface area contributed by atoms with Crippen molar-refractivity contribution in [2.24, 2.45) is 0 Å². The number of para-hydroxylation sites is 1. The number of anilines is 1. The second kappa shape index (κ2) is 8.43. The van der Waals surface area contributed by atoms with Gasteiger partial charge in [0.05, 0.1) is 5.75 Å². The molecule has 2 N–H and O–H groups in total. The SMILES string of the molecule is C/C(=C\c1ccccc1F)C(=O)NCCS(=O)(=O)Nc1ccccc1. The van der Waals surface area contributed by atoms with Crippen LogP contribution in [0.5, 0.6) is 0 Å². The van der Waals surface area contributed by atoms with Crippen LogP contribution in [0.2, 0.25) is 0 Å². The smallest absolute Gasteiger partial charge is 0.246 e. The Labute approximate surface area is 146 Å². The molecule has 0 unspecified atom stereocenters. The number of rotatable bonds is 7. The number of sulfonamides is 1. The van der Waals surface area contributed by atoms with Crippen LogP contribution in [0.4, 0.5) is 10.1 Å². The van der Waals surface area contributed by atoms with Gasteiger partial charge >= 0.3 is 0 Å². The molecular formula is C18H19FN2O3S. The van der Waals surface area contributed by atoms with Crippen LogP contribution >= 0.6 is 0 Å². The summed E-state index contributed by atoms with van der Waals surface area (Å²) in [6, 6.07) is 14.6. The van der Waals surface area contributed by atoms with Crippen molar-refractivity contribution >= 4 is 27.7 Å². The van der Waals surface area contributed by atoms with Crippen molar-refractivity contribution in [3.05, 3.63) is 71.6 Å². The third-order valence-electron chi connectivity index (χ3n) is 3.34. The first-order valence-electron chi connectivity index (χ1n) is 7.64. The van der Waals surface area contributed by atoms with E-state index in [1.807, 2.05) is 0 Å². The Morgan fingerprint density at radius 1 is 1.08 bits per heavy atom. The predicted octanol–water partition coefficient (Wildman–Crippen LogP) is 2.79. The maximum absolute atomic E-state index is 13.6. The number of carbonyl (C=O) groups excluding carboxylic acids is 1. The van der Waals surface area contributed by atoms with Gasteiger partial charge in [-0.05, 0) is 31.2 Å². The maximum atomic E-state index is 13.6. The van der Waals surface area contributed by atoms with E-state index in [-0.39, 0.29) is 12.3 Å². The Hall–Kier alpha value is -2.67. The zero-order valence-corrected chi connectivity index (χ0v) is 14.5. The normalized spacial score (nSPS) is 11.8. The predicted molar refractivity (Wildman–Crippen MR) is 96.9 cm³/mol. The van der Waals surface area contributed by atoms with E-state index in [1.165, 1.54) is 12.1 Å². The molecule has 2 aromatic carbocycles. The molecule has 2 aromatic rings. The zero-order valence-electron chi connectivity index (χ0n) is 13.7. The van der Waals surface area contributed by atoms with E-state index in [9.17, 15) is 17.6 Å². The quantitative estimate of drug-likeness (QED) is 0.744. The Bertz CT molecular complexity index is 865. The fraction of sp³-hybridized carbons (Fsp3) is 0.167. The summed E-state index contributed by atoms with van der Waals surface area (Å²) in [7, 11) is -3.57. The monoisotopic (exact) mass is 362 g/mol. The maximum Gasteiger partial charge on any atom is 0.246 e. The molecule has 1 amide bonds. The summed E-state index contributed by atoms with van der Waals surface area (Å²) in [6.07, 6.45) is 1.42. The fourth-order valence-electron chi connectivity index (χ4n) is 2.07. The first-order valence-corrected chi connectivity index (χ1v) is 9.29. The van der Waals surface area contributed by atoms with Gasteiger partial charge in [-0.15, -0.1) is 0 Å². The van der Waals surface area contributed by atoms with Crippen LogP contribution < -0.4 is 10.0 Å². The summed E-state index contributed by atoms with van der Waals surface area (Å²) in [4.78, 5) is 12.0. The Morgan fingerprint density at radius 3 is 2.40 bits per heavy atom. The Morgan fingerprint density at radius 2 is 1.72 bits per heavy atom. The number of halogens is 1. The number of hydrogen-bond donors (Lipinski definition) is 2. The lowest BCUT2D eigenvalue weighted by Crippen LogP contribution is -2.31. The molecule has 0 saturated heterocycles. The van der Waals surface area contributed by atoms with Crippen LogP contribution in [0.1, 0.15) is 12.5 Å². The minimum Gasteiger partial charge on any atom is -0.351 e. The highest BCUT2D eigenvalue weighted by atomic mass is 32.2. The van der Waals surface area contributed by atoms with Crippen LogP contribution in [-0.4, -0.2) is 26.6 Å². The number of hydrogen-bond acceptors (Lipinski definition) is 3. The van der Waals surface area contributed by atoms with Crippen LogP contribution in [0.3, 0.4) is 0 Å². The molecule has 0 aliphatic rings. The molecule has 7 heteroatoms. The fourth-order valence-corrected chi connectivity index (χ4v) is 3.03. The molecule has 2 rings (SSSR count). The third-order valence-corrected chi connectivity index (χ3v) is 4.63. The van der Waals surface area contributed by atoms with Gasteiger partial charge in [0.25, 0.3) is 0 Å². The summed E-state index contributed by atoms with van der Waals surface area (Å²) in [5, 5.41) is 2.52. The zero-order chi connectivity index (χ0) is 18.3. The van der Waals surface area contributed by atoms with Crippen LogP contribution in [-0.2, 0) is 14.8 Å². The summed E-state index contributed by atoms with van der Waals surface area (Å²) < 4.78 is 39.9. The highest BCUT2D eigenvalue weighted by Crippen LogP contribution is 2.11. The second-order valence-corrected chi connectivity index (χ2v) is 7.23. The number of nitrogens with one attached hydrogen (secondary N) is 2. The van der Waals surface area contributed by atoms with Crippen molar-refractivity contribution in [3.63, 3.8) is 0 Å². The number of amides is 1. The average molecular weight is 362 g/mol. The molecule has 0 aliphatic carbocycles. The summed E-state index contributed by atoms with van der Waals surface area (Å²) in [5.41, 5.74) is 1.05. The van der Waals surface area contributed by atoms with Gasteiger partial charge in [0.1, 0.15) is 5.82 Å². The van der Waals surface area contributed by atoms with Gasteiger partial charge in [0.15, 0.2) is 0 Å². The number of carbonyl (C=O) groups is 1. The molecule has 0 aliphatic heterocycles. The van der Waals surface area contributed by atoms with Crippen molar-refractivity contribution in [2.75, 3.05) is 17.0 Å². The van der Waals surface area contributed by atoms with Crippen molar-refractivity contribution in [1.29, 1.82) is 0 Å². The van der Waals surface area contributed by atoms with E-state index < -0.39 is 21.7 Å². The van der Waals surface area contributed by atoms with Crippen LogP contribution in [0.25, 0.3) is 6.08 Å². The van der Waals surface area contributed by atoms with Gasteiger partial charge in [-0.25, -0.2) is 12.8 Å². The van der Waals surface area contributed by atoms with Gasteiger partial charge in [-0.1, -0.05) is 36.4 Å². The van der Waals surface area contributed by atoms with Crippen LogP contribution in [0, 0.1) is 5.82 Å². The van der Waals surface area contributed by atoms with E-state index in [0.29, 0.717) is 16.8 Å². The topological polar surface area (TPSA) is 75.3 Å². The first-order chi connectivity index (χ1) is 11.9. The summed E-state index contributed by atoms with van der Waals surface area (Å²) >= 11 is 0. The molecule has 0 radical (unpaired) electrons. The van der Waals surface area contributed by atoms with Gasteiger partial charge in [-0.3, -0.25) is 9.52 Å². The lowest BCUT2D eigenvalue weighted by Gasteiger charge is -2.09. The van der Waals surface area contributed by atoms with E-state index in [0.717, 1.165) is 0 Å². The molecule has 0 fully saturated rings. The second-order valence-electron chi connectivity index (χ2n) is 5.39. The Kier molecular flexibility index (Phi) is 6.30. The largest absolute Gasteiger partial charge is 0.351 e. The molecular weight excluding hydrogens is 343 g/mol. The van der Waals surface area contributed by atoms with E-state index in [4.69, 9.17) is 0 Å². The first kappa shape index (κ1) is 18.7. The molecule has 0 heterocycles. The van der Waals surface area contributed by atoms with Crippen molar-refractivity contribution < 1.29 is 17.6 Å². The lowest BCUT2D eigenvalue weighted by molar-refractivity contribution is -0.117. The van der Waals surface area contributed by atoms with Crippen molar-refractivity contribution in [1.82, 2.24) is 5.32 Å². The molecule has 132 valence electrons. The van der Waals surface area contributed by atoms with Gasteiger partial charge in [0.2, 0.25) is 15.9 Å². The molecule has 0 aromatic heterocycles. The van der Waals surface area contributed by atoms with E-state index in [2.05, 4.69) is 10.0 Å². The van der Waals surface area contributed by atoms with Gasteiger partial charge in [0, 0.05) is 23.4 Å². The summed E-state index contributed by atoms with van der Waals surface area (Å²) in [5.74, 6) is -1.14. The van der Waals surface area contributed by atoms with Gasteiger partial charge in [-0.2, -0.15) is 0 Å². The molecule has 5 nitrogen and oxygen atoms in total. The van der Waals surface area contributed by atoms with Gasteiger partial charge < -0.3 is 5.32 Å². The van der Waals surface area contributed by atoms with Crippen molar-refractivity contribution in [2.45, 2.75) is 6.92 Å². The molecule has 0 spiro atoms. The molecule has 25 heavy (non-hydrogen) atoms. The average Bonchev–Trinajstić information content (AvgIpc) is 2.57. The molecule has 0 bridgehead atoms. The minimum absolute atomic E-state index is 0.0521. The van der Waals surface area contributed by atoms with E-state index in [1.54, 1.807) is 55.5 Å². The van der Waals surface area contributed by atoms with Crippen LogP contribution in [0.15, 0.2) is 60.2 Å².